The molecule has 0 aromatic heterocycles. The van der Waals surface area contributed by atoms with Crippen molar-refractivity contribution in [3.05, 3.63) is 33.9 Å². The van der Waals surface area contributed by atoms with Gasteiger partial charge in [0.2, 0.25) is 0 Å². The molecule has 0 saturated carbocycles. The SMILES string of the molecule is Cc1ccc(OCCOC(=O)CNC(C)(C)C)cc1[N+](=O)[O-]. The fourth-order valence-corrected chi connectivity index (χ4v) is 1.58. The van der Waals surface area contributed by atoms with E-state index < -0.39 is 4.92 Å². The Hall–Kier alpha value is -2.15. The molecular weight excluding hydrogens is 288 g/mol. The number of nitrogens with zero attached hydrogens (tertiary/aromatic N) is 1. The lowest BCUT2D eigenvalue weighted by Gasteiger charge is -2.19. The third-order valence-electron chi connectivity index (χ3n) is 2.76. The number of nitro benzene ring substituents is 1. The fraction of sp³-hybridized carbons (Fsp3) is 0.533. The standard InChI is InChI=1S/C15H22N2O5/c1-11-5-6-12(9-13(11)17(19)20)21-7-8-22-14(18)10-16-15(2,3)4/h5-6,9,16H,7-8,10H2,1-4H3. The van der Waals surface area contributed by atoms with Crippen molar-refractivity contribution in [2.75, 3.05) is 19.8 Å². The van der Waals surface area contributed by atoms with Crippen LogP contribution >= 0.6 is 0 Å². The average Bonchev–Trinajstić information content (AvgIpc) is 2.42. The van der Waals surface area contributed by atoms with Gasteiger partial charge in [0, 0.05) is 11.1 Å². The van der Waals surface area contributed by atoms with E-state index in [0.717, 1.165) is 0 Å². The molecule has 0 amide bonds. The van der Waals surface area contributed by atoms with E-state index in [2.05, 4.69) is 5.32 Å². The number of aryl methyl sites for hydroxylation is 1. The van der Waals surface area contributed by atoms with E-state index in [4.69, 9.17) is 9.47 Å². The molecule has 0 aliphatic rings. The maximum atomic E-state index is 11.5. The summed E-state index contributed by atoms with van der Waals surface area (Å²) in [6.07, 6.45) is 0. The van der Waals surface area contributed by atoms with E-state index in [1.54, 1.807) is 19.1 Å². The van der Waals surface area contributed by atoms with Crippen molar-refractivity contribution in [2.24, 2.45) is 0 Å². The molecule has 0 fully saturated rings. The van der Waals surface area contributed by atoms with Gasteiger partial charge in [-0.05, 0) is 39.8 Å². The summed E-state index contributed by atoms with van der Waals surface area (Å²) < 4.78 is 10.3. The predicted molar refractivity (Wildman–Crippen MR) is 82.0 cm³/mol. The topological polar surface area (TPSA) is 90.7 Å². The molecule has 0 atom stereocenters. The molecule has 122 valence electrons. The number of benzene rings is 1. The summed E-state index contributed by atoms with van der Waals surface area (Å²) in [7, 11) is 0. The van der Waals surface area contributed by atoms with Crippen LogP contribution in [0, 0.1) is 17.0 Å². The maximum absolute atomic E-state index is 11.5. The maximum Gasteiger partial charge on any atom is 0.320 e. The molecule has 0 aliphatic heterocycles. The van der Waals surface area contributed by atoms with Crippen LogP contribution in [0.2, 0.25) is 0 Å². The van der Waals surface area contributed by atoms with Crippen LogP contribution in [-0.2, 0) is 9.53 Å². The predicted octanol–water partition coefficient (Wildman–Crippen LogP) is 2.21. The summed E-state index contributed by atoms with van der Waals surface area (Å²) in [6, 6.07) is 4.62. The van der Waals surface area contributed by atoms with Gasteiger partial charge in [0.05, 0.1) is 17.5 Å². The molecule has 0 saturated heterocycles. The van der Waals surface area contributed by atoms with E-state index in [0.29, 0.717) is 11.3 Å². The minimum absolute atomic E-state index is 0.00359. The number of ether oxygens (including phenoxy) is 2. The van der Waals surface area contributed by atoms with Gasteiger partial charge in [-0.15, -0.1) is 0 Å². The van der Waals surface area contributed by atoms with Crippen LogP contribution in [0.15, 0.2) is 18.2 Å². The van der Waals surface area contributed by atoms with E-state index >= 15 is 0 Å². The molecule has 0 heterocycles. The monoisotopic (exact) mass is 310 g/mol. The first-order chi connectivity index (χ1) is 10.2. The van der Waals surface area contributed by atoms with Gasteiger partial charge in [-0.1, -0.05) is 0 Å². The van der Waals surface area contributed by atoms with Gasteiger partial charge in [-0.2, -0.15) is 0 Å². The number of rotatable bonds is 7. The Morgan fingerprint density at radius 2 is 2.00 bits per heavy atom. The number of nitrogens with one attached hydrogen (secondary N) is 1. The van der Waals surface area contributed by atoms with Crippen molar-refractivity contribution in [2.45, 2.75) is 33.2 Å². The second-order valence-corrected chi connectivity index (χ2v) is 5.88. The Bertz CT molecular complexity index is 537. The first-order valence-electron chi connectivity index (χ1n) is 6.97. The average molecular weight is 310 g/mol. The highest BCUT2D eigenvalue weighted by Crippen LogP contribution is 2.23. The van der Waals surface area contributed by atoms with Crippen LogP contribution in [0.3, 0.4) is 0 Å². The summed E-state index contributed by atoms with van der Waals surface area (Å²) in [5.41, 5.74) is 0.414. The second-order valence-electron chi connectivity index (χ2n) is 5.88. The Morgan fingerprint density at radius 1 is 1.32 bits per heavy atom. The second kappa shape index (κ2) is 7.74. The van der Waals surface area contributed by atoms with Crippen molar-refractivity contribution in [3.63, 3.8) is 0 Å². The molecule has 7 heteroatoms. The van der Waals surface area contributed by atoms with Crippen LogP contribution in [0.25, 0.3) is 0 Å². The van der Waals surface area contributed by atoms with Crippen molar-refractivity contribution in [3.8, 4) is 5.75 Å². The highest BCUT2D eigenvalue weighted by atomic mass is 16.6. The summed E-state index contributed by atoms with van der Waals surface area (Å²) in [5, 5.41) is 13.8. The number of esters is 1. The van der Waals surface area contributed by atoms with Gasteiger partial charge in [0.25, 0.3) is 5.69 Å². The summed E-state index contributed by atoms with van der Waals surface area (Å²) in [6.45, 7) is 7.87. The van der Waals surface area contributed by atoms with Crippen LogP contribution < -0.4 is 10.1 Å². The minimum atomic E-state index is -0.458. The van der Waals surface area contributed by atoms with Gasteiger partial charge in [-0.3, -0.25) is 14.9 Å². The zero-order valence-electron chi connectivity index (χ0n) is 13.3. The molecule has 1 N–H and O–H groups in total. The third-order valence-corrected chi connectivity index (χ3v) is 2.76. The molecule has 0 radical (unpaired) electrons. The van der Waals surface area contributed by atoms with Crippen molar-refractivity contribution >= 4 is 11.7 Å². The molecule has 1 aromatic rings. The third kappa shape index (κ3) is 6.53. The van der Waals surface area contributed by atoms with Crippen LogP contribution in [0.1, 0.15) is 26.3 Å². The summed E-state index contributed by atoms with van der Waals surface area (Å²) >= 11 is 0. The lowest BCUT2D eigenvalue weighted by Crippen LogP contribution is -2.40. The van der Waals surface area contributed by atoms with E-state index in [9.17, 15) is 14.9 Å². The quantitative estimate of drug-likeness (QED) is 0.359. The van der Waals surface area contributed by atoms with E-state index in [-0.39, 0.29) is 37.0 Å². The molecule has 0 unspecified atom stereocenters. The van der Waals surface area contributed by atoms with Gasteiger partial charge < -0.3 is 14.8 Å². The van der Waals surface area contributed by atoms with Gasteiger partial charge in [0.15, 0.2) is 0 Å². The fourth-order valence-electron chi connectivity index (χ4n) is 1.58. The van der Waals surface area contributed by atoms with E-state index in [1.165, 1.54) is 6.07 Å². The number of nitro groups is 1. The lowest BCUT2D eigenvalue weighted by molar-refractivity contribution is -0.385. The molecule has 1 rings (SSSR count). The number of carbonyl (C=O) groups is 1. The normalized spacial score (nSPS) is 11.1. The summed E-state index contributed by atoms with van der Waals surface area (Å²) in [5.74, 6) is 0.00887. The molecular formula is C15H22N2O5. The van der Waals surface area contributed by atoms with Crippen molar-refractivity contribution < 1.29 is 19.2 Å². The molecule has 1 aromatic carbocycles. The zero-order chi connectivity index (χ0) is 16.8. The highest BCUT2D eigenvalue weighted by molar-refractivity contribution is 5.71. The van der Waals surface area contributed by atoms with Crippen molar-refractivity contribution in [1.82, 2.24) is 5.32 Å². The lowest BCUT2D eigenvalue weighted by atomic mass is 10.1. The van der Waals surface area contributed by atoms with Gasteiger partial charge in [-0.25, -0.2) is 0 Å². The number of hydrogen-bond donors (Lipinski definition) is 1. The zero-order valence-corrected chi connectivity index (χ0v) is 13.3. The Labute approximate surface area is 129 Å². The summed E-state index contributed by atoms with van der Waals surface area (Å²) in [4.78, 5) is 21.8. The van der Waals surface area contributed by atoms with E-state index in [1.807, 2.05) is 20.8 Å². The van der Waals surface area contributed by atoms with Gasteiger partial charge >= 0.3 is 5.97 Å². The molecule has 0 spiro atoms. The number of carbonyl (C=O) groups excluding carboxylic acids is 1. The highest BCUT2D eigenvalue weighted by Gasteiger charge is 2.13. The Balaban J connectivity index is 2.34. The largest absolute Gasteiger partial charge is 0.490 e. The van der Waals surface area contributed by atoms with Crippen molar-refractivity contribution in [1.29, 1.82) is 0 Å². The molecule has 22 heavy (non-hydrogen) atoms. The van der Waals surface area contributed by atoms with Crippen LogP contribution in [0.4, 0.5) is 5.69 Å². The Kier molecular flexibility index (Phi) is 6.30. The first kappa shape index (κ1) is 17.9. The van der Waals surface area contributed by atoms with Gasteiger partial charge in [0.1, 0.15) is 19.0 Å². The van der Waals surface area contributed by atoms with Crippen LogP contribution in [0.5, 0.6) is 5.75 Å². The van der Waals surface area contributed by atoms with Crippen LogP contribution in [-0.4, -0.2) is 36.2 Å². The minimum Gasteiger partial charge on any atom is -0.490 e. The number of hydrogen-bond acceptors (Lipinski definition) is 6. The first-order valence-corrected chi connectivity index (χ1v) is 6.97. The Morgan fingerprint density at radius 3 is 2.59 bits per heavy atom. The smallest absolute Gasteiger partial charge is 0.320 e. The molecule has 0 aliphatic carbocycles. The molecule has 0 bridgehead atoms. The molecule has 7 nitrogen and oxygen atoms in total.